The lowest BCUT2D eigenvalue weighted by molar-refractivity contribution is 0.357. The number of ether oxygens (including phenoxy) is 1. The second kappa shape index (κ2) is 5.98. The van der Waals surface area contributed by atoms with Gasteiger partial charge in [0.05, 0.1) is 6.61 Å². The minimum absolute atomic E-state index is 0.315. The van der Waals surface area contributed by atoms with Gasteiger partial charge in [0, 0.05) is 23.5 Å². The number of halogens is 1. The number of rotatable bonds is 4. The van der Waals surface area contributed by atoms with E-state index in [4.69, 9.17) is 4.74 Å². The summed E-state index contributed by atoms with van der Waals surface area (Å²) in [7, 11) is 0. The van der Waals surface area contributed by atoms with Gasteiger partial charge in [0.15, 0.2) is 0 Å². The lowest BCUT2D eigenvalue weighted by Crippen LogP contribution is -2.18. The fraction of sp³-hybridized carbons (Fsp3) is 0.294. The van der Waals surface area contributed by atoms with Crippen LogP contribution in [-0.4, -0.2) is 6.61 Å². The molecule has 0 aliphatic carbocycles. The molecule has 0 amide bonds. The van der Waals surface area contributed by atoms with Crippen molar-refractivity contribution < 1.29 is 4.74 Å². The van der Waals surface area contributed by atoms with Crippen LogP contribution < -0.4 is 10.1 Å². The summed E-state index contributed by atoms with van der Waals surface area (Å²) in [4.78, 5) is 0. The van der Waals surface area contributed by atoms with Crippen LogP contribution in [0.3, 0.4) is 0 Å². The summed E-state index contributed by atoms with van der Waals surface area (Å²) >= 11 is 3.61. The summed E-state index contributed by atoms with van der Waals surface area (Å²) in [5.41, 5.74) is 3.93. The maximum atomic E-state index is 5.54. The number of benzene rings is 2. The van der Waals surface area contributed by atoms with Gasteiger partial charge in [-0.05, 0) is 35.7 Å². The Morgan fingerprint density at radius 3 is 2.95 bits per heavy atom. The Hall–Kier alpha value is -1.32. The molecule has 3 heteroatoms. The van der Waals surface area contributed by atoms with Crippen molar-refractivity contribution in [3.05, 3.63) is 63.6 Å². The van der Waals surface area contributed by atoms with Crippen molar-refractivity contribution in [2.75, 3.05) is 6.61 Å². The summed E-state index contributed by atoms with van der Waals surface area (Å²) in [5, 5.41) is 3.58. The quantitative estimate of drug-likeness (QED) is 0.904. The van der Waals surface area contributed by atoms with Crippen LogP contribution in [0.1, 0.15) is 29.7 Å². The molecule has 1 N–H and O–H groups in total. The van der Waals surface area contributed by atoms with E-state index in [-0.39, 0.29) is 0 Å². The second-order valence-electron chi connectivity index (χ2n) is 5.16. The highest BCUT2D eigenvalue weighted by Gasteiger charge is 2.13. The van der Waals surface area contributed by atoms with Crippen LogP contribution in [0.2, 0.25) is 0 Å². The molecule has 1 aliphatic rings. The highest BCUT2D eigenvalue weighted by atomic mass is 79.9. The van der Waals surface area contributed by atoms with E-state index >= 15 is 0 Å². The van der Waals surface area contributed by atoms with Crippen molar-refractivity contribution in [1.82, 2.24) is 5.32 Å². The first-order chi connectivity index (χ1) is 9.74. The molecule has 1 unspecified atom stereocenters. The first kappa shape index (κ1) is 13.7. The smallest absolute Gasteiger partial charge is 0.122 e. The first-order valence-corrected chi connectivity index (χ1v) is 7.76. The third-order valence-electron chi connectivity index (χ3n) is 3.74. The molecule has 104 valence electrons. The van der Waals surface area contributed by atoms with Crippen LogP contribution in [0.4, 0.5) is 0 Å². The molecule has 0 saturated carbocycles. The largest absolute Gasteiger partial charge is 0.493 e. The van der Waals surface area contributed by atoms with Gasteiger partial charge >= 0.3 is 0 Å². The van der Waals surface area contributed by atoms with Gasteiger partial charge in [-0.1, -0.05) is 46.3 Å². The van der Waals surface area contributed by atoms with Gasteiger partial charge in [-0.3, -0.25) is 0 Å². The van der Waals surface area contributed by atoms with Crippen molar-refractivity contribution in [1.29, 1.82) is 0 Å². The highest BCUT2D eigenvalue weighted by molar-refractivity contribution is 9.10. The minimum Gasteiger partial charge on any atom is -0.493 e. The molecule has 2 aromatic carbocycles. The number of nitrogens with one attached hydrogen (secondary N) is 1. The topological polar surface area (TPSA) is 21.3 Å². The van der Waals surface area contributed by atoms with Crippen molar-refractivity contribution in [3.63, 3.8) is 0 Å². The van der Waals surface area contributed by atoms with E-state index in [2.05, 4.69) is 64.6 Å². The van der Waals surface area contributed by atoms with Gasteiger partial charge in [-0.25, -0.2) is 0 Å². The zero-order valence-corrected chi connectivity index (χ0v) is 13.1. The van der Waals surface area contributed by atoms with Crippen LogP contribution in [0.15, 0.2) is 46.9 Å². The van der Waals surface area contributed by atoms with E-state index in [1.54, 1.807) is 0 Å². The van der Waals surface area contributed by atoms with Gasteiger partial charge in [-0.15, -0.1) is 0 Å². The van der Waals surface area contributed by atoms with Gasteiger partial charge < -0.3 is 10.1 Å². The zero-order valence-electron chi connectivity index (χ0n) is 11.5. The van der Waals surface area contributed by atoms with E-state index in [1.807, 2.05) is 6.07 Å². The molecule has 1 atom stereocenters. The predicted molar refractivity (Wildman–Crippen MR) is 85.0 cm³/mol. The molecular weight excluding hydrogens is 314 g/mol. The SMILES string of the molecule is CC(NCc1ccc2c(c1)CCO2)c1ccccc1Br. The molecule has 0 spiro atoms. The van der Waals surface area contributed by atoms with Crippen LogP contribution in [0.5, 0.6) is 5.75 Å². The molecule has 0 radical (unpaired) electrons. The van der Waals surface area contributed by atoms with E-state index in [1.165, 1.54) is 16.7 Å². The van der Waals surface area contributed by atoms with Crippen LogP contribution in [0, 0.1) is 0 Å². The molecule has 0 fully saturated rings. The maximum Gasteiger partial charge on any atom is 0.122 e. The summed E-state index contributed by atoms with van der Waals surface area (Å²) < 4.78 is 6.69. The van der Waals surface area contributed by atoms with Crippen molar-refractivity contribution in [2.24, 2.45) is 0 Å². The van der Waals surface area contributed by atoms with Crippen LogP contribution in [-0.2, 0) is 13.0 Å². The van der Waals surface area contributed by atoms with Gasteiger partial charge in [-0.2, -0.15) is 0 Å². The molecule has 1 aliphatic heterocycles. The average molecular weight is 332 g/mol. The van der Waals surface area contributed by atoms with Crippen molar-refractivity contribution in [2.45, 2.75) is 25.9 Å². The number of fused-ring (bicyclic) bond motifs is 1. The number of hydrogen-bond acceptors (Lipinski definition) is 2. The molecule has 0 bridgehead atoms. The van der Waals surface area contributed by atoms with E-state index in [0.717, 1.165) is 29.8 Å². The first-order valence-electron chi connectivity index (χ1n) is 6.96. The minimum atomic E-state index is 0.315. The summed E-state index contributed by atoms with van der Waals surface area (Å²) in [6.45, 7) is 3.88. The second-order valence-corrected chi connectivity index (χ2v) is 6.02. The Labute approximate surface area is 128 Å². The fourth-order valence-electron chi connectivity index (χ4n) is 2.56. The summed E-state index contributed by atoms with van der Waals surface area (Å²) in [6.07, 6.45) is 1.03. The third kappa shape index (κ3) is 2.89. The number of hydrogen-bond donors (Lipinski definition) is 1. The molecule has 2 nitrogen and oxygen atoms in total. The molecule has 3 rings (SSSR count). The van der Waals surface area contributed by atoms with Gasteiger partial charge in [0.2, 0.25) is 0 Å². The van der Waals surface area contributed by atoms with Gasteiger partial charge in [0.25, 0.3) is 0 Å². The molecule has 1 heterocycles. The summed E-state index contributed by atoms with van der Waals surface area (Å²) in [5.74, 6) is 1.05. The van der Waals surface area contributed by atoms with Crippen LogP contribution >= 0.6 is 15.9 Å². The van der Waals surface area contributed by atoms with Crippen LogP contribution in [0.25, 0.3) is 0 Å². The fourth-order valence-corrected chi connectivity index (χ4v) is 3.19. The lowest BCUT2D eigenvalue weighted by atomic mass is 10.1. The summed E-state index contributed by atoms with van der Waals surface area (Å²) in [6, 6.07) is 15.1. The predicted octanol–water partition coefficient (Wildman–Crippen LogP) is 4.23. The lowest BCUT2D eigenvalue weighted by Gasteiger charge is -2.16. The molecule has 0 aromatic heterocycles. The Balaban J connectivity index is 1.66. The monoisotopic (exact) mass is 331 g/mol. The Kier molecular flexibility index (Phi) is 4.08. The Morgan fingerprint density at radius 2 is 2.10 bits per heavy atom. The maximum absolute atomic E-state index is 5.54. The Morgan fingerprint density at radius 1 is 1.25 bits per heavy atom. The van der Waals surface area contributed by atoms with Crippen molar-refractivity contribution in [3.8, 4) is 5.75 Å². The normalized spacial score (nSPS) is 14.7. The third-order valence-corrected chi connectivity index (χ3v) is 4.46. The molecular formula is C17H18BrNO. The van der Waals surface area contributed by atoms with E-state index in [0.29, 0.717) is 6.04 Å². The van der Waals surface area contributed by atoms with Crippen molar-refractivity contribution >= 4 is 15.9 Å². The molecule has 20 heavy (non-hydrogen) atoms. The molecule has 0 saturated heterocycles. The Bertz CT molecular complexity index is 612. The molecule has 2 aromatic rings. The standard InChI is InChI=1S/C17H18BrNO/c1-12(15-4-2-3-5-16(15)18)19-11-13-6-7-17-14(10-13)8-9-20-17/h2-7,10,12,19H,8-9,11H2,1H3. The van der Waals surface area contributed by atoms with E-state index < -0.39 is 0 Å². The average Bonchev–Trinajstić information content (AvgIpc) is 2.92. The van der Waals surface area contributed by atoms with Gasteiger partial charge in [0.1, 0.15) is 5.75 Å². The van der Waals surface area contributed by atoms with E-state index in [9.17, 15) is 0 Å². The highest BCUT2D eigenvalue weighted by Crippen LogP contribution is 2.27. The zero-order chi connectivity index (χ0) is 13.9.